The summed E-state index contributed by atoms with van der Waals surface area (Å²) in [5, 5.41) is 8.93. The van der Waals surface area contributed by atoms with Crippen LogP contribution in [0.4, 0.5) is 0 Å². The molecule has 2 atom stereocenters. The van der Waals surface area contributed by atoms with Gasteiger partial charge in [0.25, 0.3) is 5.91 Å². The molecule has 2 rings (SSSR count). The number of ether oxygens (including phenoxy) is 1. The molecular weight excluding hydrogens is 320 g/mol. The number of nitrogens with zero attached hydrogens (tertiary/aromatic N) is 2. The molecule has 0 radical (unpaired) electrons. The molecule has 1 aromatic carbocycles. The number of hydrogen-bond acceptors (Lipinski definition) is 4. The lowest BCUT2D eigenvalue weighted by Gasteiger charge is -2.26. The zero-order valence-corrected chi connectivity index (χ0v) is 15.3. The van der Waals surface area contributed by atoms with E-state index in [-0.39, 0.29) is 18.5 Å². The first-order valence-electron chi connectivity index (χ1n) is 8.81. The Bertz CT molecular complexity index is 605. The lowest BCUT2D eigenvalue weighted by molar-refractivity contribution is -0.139. The van der Waals surface area contributed by atoms with E-state index in [1.165, 1.54) is 0 Å². The second kappa shape index (κ2) is 8.85. The Kier molecular flexibility index (Phi) is 6.82. The number of amides is 1. The smallest absolute Gasteiger partial charge is 0.317 e. The zero-order chi connectivity index (χ0) is 18.4. The molecular formula is C19H28N2O4. The highest BCUT2D eigenvalue weighted by molar-refractivity contribution is 5.81. The summed E-state index contributed by atoms with van der Waals surface area (Å²) in [4.78, 5) is 27.3. The first-order chi connectivity index (χ1) is 11.9. The van der Waals surface area contributed by atoms with Gasteiger partial charge in [0.1, 0.15) is 5.75 Å². The highest BCUT2D eigenvalue weighted by Gasteiger charge is 2.27. The molecule has 1 aliphatic rings. The third-order valence-corrected chi connectivity index (χ3v) is 4.67. The van der Waals surface area contributed by atoms with Gasteiger partial charge in [0.05, 0.1) is 6.54 Å². The maximum atomic E-state index is 12.7. The third-order valence-electron chi connectivity index (χ3n) is 4.67. The second-order valence-corrected chi connectivity index (χ2v) is 6.80. The average molecular weight is 348 g/mol. The molecule has 0 bridgehead atoms. The standard InChI is InChI=1S/C19H28N2O4/c1-14-6-4-8-17(12-14)25-15(2)19(24)21-10-5-7-16(9-11-21)20(3)13-18(22)23/h4,6,8,12,15-16H,5,7,9-11,13H2,1-3H3,(H,22,23). The number of aryl methyl sites for hydroxylation is 1. The molecule has 0 aromatic heterocycles. The number of likely N-dealkylation sites (tertiary alicyclic amines) is 1. The largest absolute Gasteiger partial charge is 0.481 e. The topological polar surface area (TPSA) is 70.1 Å². The van der Waals surface area contributed by atoms with Crippen molar-refractivity contribution in [2.75, 3.05) is 26.7 Å². The van der Waals surface area contributed by atoms with Gasteiger partial charge in [-0.1, -0.05) is 12.1 Å². The Morgan fingerprint density at radius 2 is 2.12 bits per heavy atom. The quantitative estimate of drug-likeness (QED) is 0.853. The maximum absolute atomic E-state index is 12.7. The molecule has 1 fully saturated rings. The highest BCUT2D eigenvalue weighted by atomic mass is 16.5. The van der Waals surface area contributed by atoms with Crippen LogP contribution in [0.2, 0.25) is 0 Å². The van der Waals surface area contributed by atoms with Crippen molar-refractivity contribution in [2.45, 2.75) is 45.3 Å². The van der Waals surface area contributed by atoms with Crippen LogP contribution in [0, 0.1) is 6.92 Å². The number of likely N-dealkylation sites (N-methyl/N-ethyl adjacent to an activating group) is 1. The lowest BCUT2D eigenvalue weighted by atomic mass is 10.1. The first-order valence-corrected chi connectivity index (χ1v) is 8.81. The number of carbonyl (C=O) groups excluding carboxylic acids is 1. The molecule has 25 heavy (non-hydrogen) atoms. The van der Waals surface area contributed by atoms with E-state index in [2.05, 4.69) is 0 Å². The van der Waals surface area contributed by atoms with Gasteiger partial charge in [-0.3, -0.25) is 14.5 Å². The molecule has 6 nitrogen and oxygen atoms in total. The Balaban J connectivity index is 1.90. The number of hydrogen-bond donors (Lipinski definition) is 1. The van der Waals surface area contributed by atoms with Crippen LogP contribution in [-0.4, -0.2) is 65.6 Å². The summed E-state index contributed by atoms with van der Waals surface area (Å²) in [6, 6.07) is 7.87. The van der Waals surface area contributed by atoms with E-state index in [0.717, 1.165) is 24.8 Å². The highest BCUT2D eigenvalue weighted by Crippen LogP contribution is 2.19. The molecule has 1 amide bonds. The fraction of sp³-hybridized carbons (Fsp3) is 0.579. The Hall–Kier alpha value is -2.08. The summed E-state index contributed by atoms with van der Waals surface area (Å²) in [6.07, 6.45) is 2.03. The van der Waals surface area contributed by atoms with Gasteiger partial charge in [-0.25, -0.2) is 0 Å². The summed E-state index contributed by atoms with van der Waals surface area (Å²) in [6.45, 7) is 5.13. The van der Waals surface area contributed by atoms with Crippen LogP contribution in [0.15, 0.2) is 24.3 Å². The second-order valence-electron chi connectivity index (χ2n) is 6.80. The molecule has 1 N–H and O–H groups in total. The molecule has 138 valence electrons. The van der Waals surface area contributed by atoms with Crippen molar-refractivity contribution in [1.29, 1.82) is 0 Å². The van der Waals surface area contributed by atoms with Crippen LogP contribution in [-0.2, 0) is 9.59 Å². The molecule has 1 aliphatic heterocycles. The molecule has 1 heterocycles. The zero-order valence-electron chi connectivity index (χ0n) is 15.3. The van der Waals surface area contributed by atoms with Crippen molar-refractivity contribution in [3.63, 3.8) is 0 Å². The van der Waals surface area contributed by atoms with E-state index in [0.29, 0.717) is 18.8 Å². The predicted molar refractivity (Wildman–Crippen MR) is 95.8 cm³/mol. The van der Waals surface area contributed by atoms with Crippen molar-refractivity contribution in [2.24, 2.45) is 0 Å². The van der Waals surface area contributed by atoms with Crippen LogP contribution in [0.5, 0.6) is 5.75 Å². The van der Waals surface area contributed by atoms with Gasteiger partial charge in [0, 0.05) is 19.1 Å². The average Bonchev–Trinajstić information content (AvgIpc) is 2.79. The fourth-order valence-corrected chi connectivity index (χ4v) is 3.28. The van der Waals surface area contributed by atoms with Gasteiger partial charge in [-0.15, -0.1) is 0 Å². The van der Waals surface area contributed by atoms with Crippen molar-refractivity contribution in [3.8, 4) is 5.75 Å². The van der Waals surface area contributed by atoms with E-state index in [1.807, 2.05) is 48.0 Å². The predicted octanol–water partition coefficient (Wildman–Crippen LogP) is 2.16. The van der Waals surface area contributed by atoms with E-state index in [4.69, 9.17) is 9.84 Å². The summed E-state index contributed by atoms with van der Waals surface area (Å²) in [5.74, 6) is -0.127. The molecule has 1 aromatic rings. The Labute approximate surface area is 149 Å². The van der Waals surface area contributed by atoms with Crippen molar-refractivity contribution in [3.05, 3.63) is 29.8 Å². The minimum atomic E-state index is -0.820. The molecule has 0 aliphatic carbocycles. The van der Waals surface area contributed by atoms with Gasteiger partial charge in [0.15, 0.2) is 6.10 Å². The minimum absolute atomic E-state index is 0.0111. The lowest BCUT2D eigenvalue weighted by Crippen LogP contribution is -2.42. The first kappa shape index (κ1) is 19.2. The van der Waals surface area contributed by atoms with Crippen molar-refractivity contribution < 1.29 is 19.4 Å². The Morgan fingerprint density at radius 3 is 2.80 bits per heavy atom. The third kappa shape index (κ3) is 5.74. The van der Waals surface area contributed by atoms with Gasteiger partial charge in [-0.05, 0) is 57.9 Å². The van der Waals surface area contributed by atoms with E-state index >= 15 is 0 Å². The van der Waals surface area contributed by atoms with Crippen LogP contribution >= 0.6 is 0 Å². The molecule has 2 unspecified atom stereocenters. The van der Waals surface area contributed by atoms with Crippen LogP contribution < -0.4 is 4.74 Å². The van der Waals surface area contributed by atoms with Crippen LogP contribution in [0.3, 0.4) is 0 Å². The van der Waals surface area contributed by atoms with Gasteiger partial charge < -0.3 is 14.7 Å². The van der Waals surface area contributed by atoms with Gasteiger partial charge >= 0.3 is 5.97 Å². The fourth-order valence-electron chi connectivity index (χ4n) is 3.28. The number of rotatable bonds is 6. The number of carboxylic acids is 1. The SMILES string of the molecule is Cc1cccc(OC(C)C(=O)N2CCCC(N(C)CC(=O)O)CC2)c1. The summed E-state index contributed by atoms with van der Waals surface area (Å²) in [7, 11) is 1.83. The van der Waals surface area contributed by atoms with E-state index in [1.54, 1.807) is 6.92 Å². The number of carboxylic acid groups (broad SMARTS) is 1. The van der Waals surface area contributed by atoms with Crippen LogP contribution in [0.25, 0.3) is 0 Å². The maximum Gasteiger partial charge on any atom is 0.317 e. The number of carbonyl (C=O) groups is 2. The molecule has 0 saturated carbocycles. The minimum Gasteiger partial charge on any atom is -0.481 e. The molecule has 6 heteroatoms. The van der Waals surface area contributed by atoms with Gasteiger partial charge in [-0.2, -0.15) is 0 Å². The van der Waals surface area contributed by atoms with E-state index in [9.17, 15) is 9.59 Å². The molecule has 1 saturated heterocycles. The normalized spacial score (nSPS) is 19.4. The monoisotopic (exact) mass is 348 g/mol. The summed E-state index contributed by atoms with van der Waals surface area (Å²) in [5.41, 5.74) is 1.09. The van der Waals surface area contributed by atoms with Gasteiger partial charge in [0.2, 0.25) is 0 Å². The van der Waals surface area contributed by atoms with Crippen LogP contribution in [0.1, 0.15) is 31.7 Å². The van der Waals surface area contributed by atoms with Crippen molar-refractivity contribution >= 4 is 11.9 Å². The molecule has 0 spiro atoms. The summed E-state index contributed by atoms with van der Waals surface area (Å²) < 4.78 is 5.80. The Morgan fingerprint density at radius 1 is 1.36 bits per heavy atom. The van der Waals surface area contributed by atoms with E-state index < -0.39 is 12.1 Å². The van der Waals surface area contributed by atoms with Crippen molar-refractivity contribution in [1.82, 2.24) is 9.80 Å². The number of benzene rings is 1. The number of aliphatic carboxylic acids is 1. The summed E-state index contributed by atoms with van der Waals surface area (Å²) >= 11 is 0.